The second-order valence-corrected chi connectivity index (χ2v) is 2.21. The van der Waals surface area contributed by atoms with Gasteiger partial charge in [0.05, 0.1) is 10.6 Å². The van der Waals surface area contributed by atoms with Gasteiger partial charge in [0, 0.05) is 6.20 Å². The van der Waals surface area contributed by atoms with Crippen LogP contribution in [0.1, 0.15) is 10.4 Å². The van der Waals surface area contributed by atoms with E-state index in [0.717, 1.165) is 12.3 Å². The van der Waals surface area contributed by atoms with Gasteiger partial charge in [-0.3, -0.25) is 0 Å². The third-order valence-electron chi connectivity index (χ3n) is 1.04. The Labute approximate surface area is 66.4 Å². The zero-order chi connectivity index (χ0) is 8.43. The van der Waals surface area contributed by atoms with Crippen molar-refractivity contribution in [2.75, 3.05) is 0 Å². The van der Waals surface area contributed by atoms with Gasteiger partial charge in [0.1, 0.15) is 0 Å². The standard InChI is InChI=1S/C6H3ClFNO2/c7-4-1-3(6(10)11)2-9-5(4)8/h1-2H,(H,10,11). The Morgan fingerprint density at radius 1 is 1.73 bits per heavy atom. The molecular formula is C6H3ClFNO2. The topological polar surface area (TPSA) is 50.2 Å². The molecule has 1 rings (SSSR count). The average molecular weight is 176 g/mol. The lowest BCUT2D eigenvalue weighted by atomic mass is 10.3. The molecule has 0 unspecified atom stereocenters. The summed E-state index contributed by atoms with van der Waals surface area (Å²) in [7, 11) is 0. The van der Waals surface area contributed by atoms with Crippen LogP contribution in [0.4, 0.5) is 4.39 Å². The van der Waals surface area contributed by atoms with Crippen molar-refractivity contribution >= 4 is 17.6 Å². The minimum atomic E-state index is -1.18. The van der Waals surface area contributed by atoms with E-state index >= 15 is 0 Å². The lowest BCUT2D eigenvalue weighted by Crippen LogP contribution is -1.98. The first-order chi connectivity index (χ1) is 5.11. The molecule has 0 saturated heterocycles. The van der Waals surface area contributed by atoms with Crippen molar-refractivity contribution in [2.24, 2.45) is 0 Å². The van der Waals surface area contributed by atoms with Crippen LogP contribution in [0.25, 0.3) is 0 Å². The molecule has 0 radical (unpaired) electrons. The van der Waals surface area contributed by atoms with Crippen LogP contribution in [0.3, 0.4) is 0 Å². The first-order valence-corrected chi connectivity index (χ1v) is 3.03. The van der Waals surface area contributed by atoms with Gasteiger partial charge in [-0.05, 0) is 6.07 Å². The number of rotatable bonds is 1. The molecule has 1 aromatic heterocycles. The molecule has 11 heavy (non-hydrogen) atoms. The number of carboxylic acids is 1. The Bertz CT molecular complexity index is 303. The Kier molecular flexibility index (Phi) is 2.05. The van der Waals surface area contributed by atoms with Crippen LogP contribution in [0, 0.1) is 5.95 Å². The maximum absolute atomic E-state index is 12.3. The van der Waals surface area contributed by atoms with E-state index in [1.807, 2.05) is 0 Å². The van der Waals surface area contributed by atoms with Crippen LogP contribution in [-0.2, 0) is 0 Å². The molecular weight excluding hydrogens is 173 g/mol. The van der Waals surface area contributed by atoms with Crippen molar-refractivity contribution in [2.45, 2.75) is 0 Å². The smallest absolute Gasteiger partial charge is 0.337 e. The highest BCUT2D eigenvalue weighted by molar-refractivity contribution is 6.30. The van der Waals surface area contributed by atoms with Crippen LogP contribution in [0.5, 0.6) is 0 Å². The number of pyridine rings is 1. The molecule has 0 aliphatic heterocycles. The van der Waals surface area contributed by atoms with E-state index in [1.54, 1.807) is 0 Å². The number of aromatic carboxylic acids is 1. The molecule has 3 nitrogen and oxygen atoms in total. The van der Waals surface area contributed by atoms with Gasteiger partial charge in [0.2, 0.25) is 5.95 Å². The van der Waals surface area contributed by atoms with E-state index in [1.165, 1.54) is 0 Å². The number of hydrogen-bond acceptors (Lipinski definition) is 2. The van der Waals surface area contributed by atoms with E-state index in [2.05, 4.69) is 4.98 Å². The normalized spacial score (nSPS) is 9.64. The van der Waals surface area contributed by atoms with Gasteiger partial charge < -0.3 is 5.11 Å². The number of nitrogens with zero attached hydrogens (tertiary/aromatic N) is 1. The van der Waals surface area contributed by atoms with E-state index in [0.29, 0.717) is 0 Å². The zero-order valence-corrected chi connectivity index (χ0v) is 5.97. The summed E-state index contributed by atoms with van der Waals surface area (Å²) >= 11 is 5.26. The van der Waals surface area contributed by atoms with Gasteiger partial charge in [-0.1, -0.05) is 11.6 Å². The zero-order valence-electron chi connectivity index (χ0n) is 5.21. The number of halogens is 2. The van der Waals surface area contributed by atoms with E-state index < -0.39 is 11.9 Å². The van der Waals surface area contributed by atoms with Gasteiger partial charge in [0.15, 0.2) is 0 Å². The summed E-state index contributed by atoms with van der Waals surface area (Å²) in [5, 5.41) is 8.09. The lowest BCUT2D eigenvalue weighted by Gasteiger charge is -1.94. The summed E-state index contributed by atoms with van der Waals surface area (Å²) in [5.41, 5.74) is -0.128. The molecule has 1 heterocycles. The molecule has 0 amide bonds. The monoisotopic (exact) mass is 175 g/mol. The molecule has 0 saturated carbocycles. The van der Waals surface area contributed by atoms with Crippen molar-refractivity contribution in [1.29, 1.82) is 0 Å². The fourth-order valence-electron chi connectivity index (χ4n) is 0.538. The maximum atomic E-state index is 12.3. The number of hydrogen-bond donors (Lipinski definition) is 1. The molecule has 0 aliphatic rings. The van der Waals surface area contributed by atoms with E-state index in [-0.39, 0.29) is 10.6 Å². The SMILES string of the molecule is O=C(O)c1cnc(F)c(Cl)c1. The molecule has 58 valence electrons. The van der Waals surface area contributed by atoms with Gasteiger partial charge >= 0.3 is 5.97 Å². The van der Waals surface area contributed by atoms with Crippen LogP contribution < -0.4 is 0 Å². The van der Waals surface area contributed by atoms with E-state index in [9.17, 15) is 9.18 Å². The number of carbonyl (C=O) groups is 1. The van der Waals surface area contributed by atoms with Crippen LogP contribution in [0.15, 0.2) is 12.3 Å². The molecule has 1 N–H and O–H groups in total. The molecule has 1 aromatic rings. The highest BCUT2D eigenvalue weighted by Gasteiger charge is 2.06. The quantitative estimate of drug-likeness (QED) is 0.660. The molecule has 0 bridgehead atoms. The summed E-state index contributed by atoms with van der Waals surface area (Å²) in [6.07, 6.45) is 0.906. The minimum absolute atomic E-state index is 0.128. The first-order valence-electron chi connectivity index (χ1n) is 2.65. The van der Waals surface area contributed by atoms with Crippen LogP contribution in [0.2, 0.25) is 5.02 Å². The van der Waals surface area contributed by atoms with Crippen molar-refractivity contribution < 1.29 is 14.3 Å². The van der Waals surface area contributed by atoms with Gasteiger partial charge in [-0.25, -0.2) is 9.78 Å². The molecule has 0 spiro atoms. The van der Waals surface area contributed by atoms with Gasteiger partial charge in [-0.2, -0.15) is 4.39 Å². The predicted molar refractivity (Wildman–Crippen MR) is 36.2 cm³/mol. The average Bonchev–Trinajstić information content (AvgIpc) is 1.94. The van der Waals surface area contributed by atoms with Crippen LogP contribution >= 0.6 is 11.6 Å². The number of carboxylic acid groups (broad SMARTS) is 1. The second-order valence-electron chi connectivity index (χ2n) is 1.80. The lowest BCUT2D eigenvalue weighted by molar-refractivity contribution is 0.0696. The fourth-order valence-corrected chi connectivity index (χ4v) is 0.705. The molecule has 0 fully saturated rings. The number of aromatic nitrogens is 1. The van der Waals surface area contributed by atoms with Crippen molar-refractivity contribution in [3.8, 4) is 0 Å². The summed E-state index contributed by atoms with van der Waals surface area (Å²) < 4.78 is 12.3. The summed E-state index contributed by atoms with van der Waals surface area (Å²) in [4.78, 5) is 13.4. The highest BCUT2D eigenvalue weighted by atomic mass is 35.5. The van der Waals surface area contributed by atoms with Gasteiger partial charge in [0.25, 0.3) is 0 Å². The first kappa shape index (κ1) is 7.94. The summed E-state index contributed by atoms with van der Waals surface area (Å²) in [6, 6.07) is 1.01. The summed E-state index contributed by atoms with van der Waals surface area (Å²) in [6.45, 7) is 0. The Balaban J connectivity index is 3.15. The summed E-state index contributed by atoms with van der Waals surface area (Å²) in [5.74, 6) is -2.05. The van der Waals surface area contributed by atoms with Crippen molar-refractivity contribution in [1.82, 2.24) is 4.98 Å². The van der Waals surface area contributed by atoms with Crippen LogP contribution in [-0.4, -0.2) is 16.1 Å². The predicted octanol–water partition coefficient (Wildman–Crippen LogP) is 1.57. The largest absolute Gasteiger partial charge is 0.478 e. The van der Waals surface area contributed by atoms with Crippen molar-refractivity contribution in [3.05, 3.63) is 28.8 Å². The third kappa shape index (κ3) is 1.65. The van der Waals surface area contributed by atoms with E-state index in [4.69, 9.17) is 16.7 Å². The molecule has 0 aliphatic carbocycles. The minimum Gasteiger partial charge on any atom is -0.478 e. The second kappa shape index (κ2) is 2.84. The molecule has 0 atom stereocenters. The maximum Gasteiger partial charge on any atom is 0.337 e. The Morgan fingerprint density at radius 2 is 2.36 bits per heavy atom. The van der Waals surface area contributed by atoms with Crippen molar-refractivity contribution in [3.63, 3.8) is 0 Å². The Morgan fingerprint density at radius 3 is 2.82 bits per heavy atom. The molecule has 5 heteroatoms. The Hall–Kier alpha value is -1.16. The highest BCUT2D eigenvalue weighted by Crippen LogP contribution is 2.12. The fraction of sp³-hybridized carbons (Fsp3) is 0. The molecule has 0 aromatic carbocycles. The third-order valence-corrected chi connectivity index (χ3v) is 1.31. The van der Waals surface area contributed by atoms with Gasteiger partial charge in [-0.15, -0.1) is 0 Å².